The number of nitrogens with one attached hydrogen (secondary N) is 4. The highest BCUT2D eigenvalue weighted by molar-refractivity contribution is 6.48. The van der Waals surface area contributed by atoms with E-state index in [1.807, 2.05) is 0 Å². The maximum atomic E-state index is 12.9. The highest BCUT2D eigenvalue weighted by Gasteiger charge is 2.23. The molecule has 0 unspecified atom stereocenters. The quantitative estimate of drug-likeness (QED) is 0.255. The Kier molecular flexibility index (Phi) is 8.04. The maximum absolute atomic E-state index is 12.9. The summed E-state index contributed by atoms with van der Waals surface area (Å²) in [7, 11) is 1.14. The lowest BCUT2D eigenvalue weighted by molar-refractivity contribution is -0.114. The Bertz CT molecular complexity index is 1520. The number of phenolic OH excluding ortho intramolecular Hbond substituents is 1. The molecular formula is C26H21N5O7. The van der Waals surface area contributed by atoms with Crippen molar-refractivity contribution in [1.82, 2.24) is 0 Å². The fourth-order valence-electron chi connectivity index (χ4n) is 3.50. The van der Waals surface area contributed by atoms with Crippen LogP contribution >= 0.6 is 0 Å². The molecule has 0 heterocycles. The molecule has 3 aromatic rings. The van der Waals surface area contributed by atoms with E-state index in [-0.39, 0.29) is 39.5 Å². The first-order chi connectivity index (χ1) is 18.0. The molecule has 0 aliphatic heterocycles. The summed E-state index contributed by atoms with van der Waals surface area (Å²) in [6.45, 7) is 1.31. The van der Waals surface area contributed by atoms with Gasteiger partial charge < -0.3 is 25.6 Å². The van der Waals surface area contributed by atoms with Crippen LogP contribution in [-0.4, -0.2) is 46.9 Å². The molecule has 0 saturated heterocycles. The molecule has 192 valence electrons. The lowest BCUT2D eigenvalue weighted by Gasteiger charge is -2.17. The van der Waals surface area contributed by atoms with Crippen LogP contribution in [-0.2, 0) is 14.3 Å². The largest absolute Gasteiger partial charge is 0.507 e. The molecule has 12 heteroatoms. The molecule has 0 aliphatic carbocycles. The van der Waals surface area contributed by atoms with Crippen LogP contribution in [0.2, 0.25) is 0 Å². The molecule has 12 nitrogen and oxygen atoms in total. The van der Waals surface area contributed by atoms with Crippen molar-refractivity contribution in [3.05, 3.63) is 71.3 Å². The second-order valence-electron chi connectivity index (χ2n) is 7.76. The molecule has 38 heavy (non-hydrogen) atoms. The summed E-state index contributed by atoms with van der Waals surface area (Å²) in [6.07, 6.45) is -0.856. The van der Waals surface area contributed by atoms with E-state index in [4.69, 9.17) is 10.7 Å². The number of aromatic hydroxyl groups is 1. The van der Waals surface area contributed by atoms with Crippen LogP contribution in [0.5, 0.6) is 5.75 Å². The van der Waals surface area contributed by atoms with Crippen molar-refractivity contribution in [2.75, 3.05) is 23.1 Å². The molecule has 3 amide bonds. The summed E-state index contributed by atoms with van der Waals surface area (Å²) < 4.78 is 4.63. The van der Waals surface area contributed by atoms with Gasteiger partial charge in [-0.15, -0.1) is 0 Å². The van der Waals surface area contributed by atoms with Crippen molar-refractivity contribution in [1.29, 1.82) is 10.7 Å². The number of nitrogens with zero attached hydrogens (tertiary/aromatic N) is 1. The third kappa shape index (κ3) is 5.92. The second-order valence-corrected chi connectivity index (χ2v) is 7.76. The predicted octanol–water partition coefficient (Wildman–Crippen LogP) is 3.77. The number of carbonyl (C=O) groups excluding carboxylic acids is 3. The number of carbonyl (C=O) groups is 4. The normalized spacial score (nSPS) is 10.0. The maximum Gasteiger partial charge on any atom is 0.411 e. The first-order valence-electron chi connectivity index (χ1n) is 10.8. The van der Waals surface area contributed by atoms with E-state index in [0.717, 1.165) is 19.2 Å². The summed E-state index contributed by atoms with van der Waals surface area (Å²) in [6, 6.07) is 14.3. The molecule has 0 spiro atoms. The molecule has 3 rings (SSSR count). The van der Waals surface area contributed by atoms with Crippen LogP contribution in [0.25, 0.3) is 11.1 Å². The fraction of sp³-hybridized carbons (Fsp3) is 0.0769. The van der Waals surface area contributed by atoms with Gasteiger partial charge in [0.25, 0.3) is 5.91 Å². The van der Waals surface area contributed by atoms with Gasteiger partial charge in [-0.2, -0.15) is 5.26 Å². The topological polar surface area (TPSA) is 202 Å². The molecule has 0 aromatic heterocycles. The van der Waals surface area contributed by atoms with Crippen molar-refractivity contribution < 1.29 is 34.1 Å². The van der Waals surface area contributed by atoms with Crippen LogP contribution in [0.3, 0.4) is 0 Å². The first-order valence-corrected chi connectivity index (χ1v) is 10.8. The monoisotopic (exact) mass is 515 g/mol. The molecule has 0 radical (unpaired) electrons. The number of methoxy groups -OCH3 is 1. The Balaban J connectivity index is 2.09. The number of hydrogen-bond acceptors (Lipinski definition) is 8. The number of ether oxygens (including phenoxy) is 1. The Morgan fingerprint density at radius 3 is 2.24 bits per heavy atom. The lowest BCUT2D eigenvalue weighted by Crippen LogP contribution is -2.24. The summed E-state index contributed by atoms with van der Waals surface area (Å²) in [5.74, 6) is -3.37. The van der Waals surface area contributed by atoms with E-state index in [1.54, 1.807) is 30.3 Å². The van der Waals surface area contributed by atoms with Crippen LogP contribution in [0.4, 0.5) is 21.9 Å². The standard InChI is InChI=1S/C26H21N5O7/c1-13(32)29-19-6-4-3-5-15(19)16-10-18(22(33)11-21(16)31-26(37)38-2)23(28)24(34)30-20-8-7-14(12-27)9-17(20)25(35)36/h3-11,28,33H,1-2H3,(H,29,32)(H,30,34)(H,31,37)(H,35,36). The van der Waals surface area contributed by atoms with Crippen LogP contribution < -0.4 is 16.0 Å². The Hall–Kier alpha value is -5.70. The summed E-state index contributed by atoms with van der Waals surface area (Å²) in [4.78, 5) is 48.2. The van der Waals surface area contributed by atoms with Gasteiger partial charge in [0.05, 0.1) is 35.7 Å². The smallest absolute Gasteiger partial charge is 0.411 e. The molecule has 6 N–H and O–H groups in total. The zero-order valence-corrected chi connectivity index (χ0v) is 20.1. The van der Waals surface area contributed by atoms with Crippen molar-refractivity contribution in [2.45, 2.75) is 6.92 Å². The van der Waals surface area contributed by atoms with Gasteiger partial charge >= 0.3 is 12.1 Å². The minimum atomic E-state index is -1.40. The van der Waals surface area contributed by atoms with Gasteiger partial charge in [0.1, 0.15) is 11.5 Å². The number of anilines is 3. The molecular weight excluding hydrogens is 494 g/mol. The van der Waals surface area contributed by atoms with E-state index < -0.39 is 29.4 Å². The molecule has 0 atom stereocenters. The minimum Gasteiger partial charge on any atom is -0.507 e. The van der Waals surface area contributed by atoms with Gasteiger partial charge in [-0.05, 0) is 30.3 Å². The number of benzene rings is 3. The molecule has 0 saturated carbocycles. The van der Waals surface area contributed by atoms with Crippen molar-refractivity contribution in [3.63, 3.8) is 0 Å². The zero-order valence-electron chi connectivity index (χ0n) is 20.1. The number of carboxylic acids is 1. The van der Waals surface area contributed by atoms with Crippen molar-refractivity contribution in [2.24, 2.45) is 0 Å². The third-order valence-corrected chi connectivity index (χ3v) is 5.21. The average Bonchev–Trinajstić information content (AvgIpc) is 2.88. The fourth-order valence-corrected chi connectivity index (χ4v) is 3.50. The number of rotatable bonds is 7. The minimum absolute atomic E-state index is 0.0595. The van der Waals surface area contributed by atoms with Gasteiger partial charge in [-0.3, -0.25) is 20.3 Å². The molecule has 0 fully saturated rings. The highest BCUT2D eigenvalue weighted by atomic mass is 16.5. The number of aromatic carboxylic acids is 1. The van der Waals surface area contributed by atoms with E-state index in [1.165, 1.54) is 25.1 Å². The zero-order chi connectivity index (χ0) is 28.0. The second kappa shape index (κ2) is 11.4. The van der Waals surface area contributed by atoms with Crippen molar-refractivity contribution in [3.8, 4) is 22.9 Å². The number of phenols is 1. The van der Waals surface area contributed by atoms with Gasteiger partial charge in [-0.25, -0.2) is 9.59 Å². The third-order valence-electron chi connectivity index (χ3n) is 5.21. The number of carboxylic acid groups (broad SMARTS) is 1. The summed E-state index contributed by atoms with van der Waals surface area (Å²) in [5, 5.41) is 44.9. The number of para-hydroxylation sites is 1. The number of nitriles is 1. The highest BCUT2D eigenvalue weighted by Crippen LogP contribution is 2.38. The lowest BCUT2D eigenvalue weighted by atomic mass is 9.96. The van der Waals surface area contributed by atoms with Crippen LogP contribution in [0.1, 0.15) is 28.4 Å². The predicted molar refractivity (Wildman–Crippen MR) is 137 cm³/mol. The Labute approximate surface area is 216 Å². The Morgan fingerprint density at radius 1 is 0.895 bits per heavy atom. The SMILES string of the molecule is COC(=O)Nc1cc(O)c(C(=N)C(=O)Nc2ccc(C#N)cc2C(=O)O)cc1-c1ccccc1NC(C)=O. The number of amides is 3. The molecule has 3 aromatic carbocycles. The van der Waals surface area contributed by atoms with Crippen LogP contribution in [0.15, 0.2) is 54.6 Å². The molecule has 0 aliphatic rings. The van der Waals surface area contributed by atoms with Gasteiger partial charge in [0.2, 0.25) is 5.91 Å². The van der Waals surface area contributed by atoms with E-state index in [0.29, 0.717) is 11.3 Å². The van der Waals surface area contributed by atoms with E-state index in [2.05, 4.69) is 20.7 Å². The van der Waals surface area contributed by atoms with Crippen molar-refractivity contribution >= 4 is 46.7 Å². The Morgan fingerprint density at radius 2 is 1.61 bits per heavy atom. The van der Waals surface area contributed by atoms with E-state index in [9.17, 15) is 29.4 Å². The summed E-state index contributed by atoms with van der Waals surface area (Å²) >= 11 is 0. The van der Waals surface area contributed by atoms with Gasteiger partial charge in [0.15, 0.2) is 0 Å². The average molecular weight is 515 g/mol. The van der Waals surface area contributed by atoms with Crippen LogP contribution in [0, 0.1) is 16.7 Å². The summed E-state index contributed by atoms with van der Waals surface area (Å²) in [5.41, 5.74) is -0.415. The first kappa shape index (κ1) is 26.9. The number of hydrogen-bond donors (Lipinski definition) is 6. The van der Waals surface area contributed by atoms with Gasteiger partial charge in [0, 0.05) is 35.4 Å². The van der Waals surface area contributed by atoms with Gasteiger partial charge in [-0.1, -0.05) is 18.2 Å². The molecule has 0 bridgehead atoms. The van der Waals surface area contributed by atoms with E-state index >= 15 is 0 Å².